The number of aliphatic hydroxyl groups is 1. The minimum atomic E-state index is 0.336. The minimum Gasteiger partial charge on any atom is -0.508 e. The van der Waals surface area contributed by atoms with E-state index in [1.807, 2.05) is 13.0 Å². The van der Waals surface area contributed by atoms with Gasteiger partial charge < -0.3 is 9.84 Å². The molecule has 66 valence electrons. The van der Waals surface area contributed by atoms with Gasteiger partial charge in [0.05, 0.1) is 7.11 Å². The summed E-state index contributed by atoms with van der Waals surface area (Å²) in [5.74, 6) is 0.904. The summed E-state index contributed by atoms with van der Waals surface area (Å²) >= 11 is 0. The summed E-state index contributed by atoms with van der Waals surface area (Å²) in [4.78, 5) is 0. The van der Waals surface area contributed by atoms with Crippen molar-refractivity contribution in [1.82, 2.24) is 0 Å². The van der Waals surface area contributed by atoms with Crippen LogP contribution in [0, 0.1) is 0 Å². The number of rotatable bonds is 2. The Hall–Kier alpha value is -1.18. The fraction of sp³-hybridized carbons (Fsp3) is 0.400. The minimum absolute atomic E-state index is 0.336. The number of ether oxygens (including phenoxy) is 1. The Labute approximate surface area is 72.9 Å². The first-order valence-corrected chi connectivity index (χ1v) is 3.97. The van der Waals surface area contributed by atoms with Crippen molar-refractivity contribution < 1.29 is 9.84 Å². The van der Waals surface area contributed by atoms with Crippen LogP contribution < -0.4 is 0 Å². The largest absolute Gasteiger partial charge is 0.508 e. The maximum Gasteiger partial charge on any atom is 0.156 e. The van der Waals surface area contributed by atoms with E-state index in [1.54, 1.807) is 7.11 Å². The van der Waals surface area contributed by atoms with Crippen molar-refractivity contribution in [3.8, 4) is 0 Å². The molecule has 0 aromatic heterocycles. The maximum atomic E-state index is 9.35. The average molecular weight is 166 g/mol. The fourth-order valence-corrected chi connectivity index (χ4v) is 1.20. The molecule has 1 N–H and O–H groups in total. The molecule has 0 saturated carbocycles. The predicted octanol–water partition coefficient (Wildman–Crippen LogP) is 2.70. The summed E-state index contributed by atoms with van der Waals surface area (Å²) in [5.41, 5.74) is 2.20. The smallest absolute Gasteiger partial charge is 0.156 e. The van der Waals surface area contributed by atoms with Crippen molar-refractivity contribution >= 4 is 0 Å². The van der Waals surface area contributed by atoms with Crippen LogP contribution in [-0.4, -0.2) is 12.2 Å². The SMILES string of the molecule is C=C(C)C1=CC(OC)=C(O)CC1. The van der Waals surface area contributed by atoms with Crippen LogP contribution in [0.1, 0.15) is 19.8 Å². The Kier molecular flexibility index (Phi) is 2.58. The van der Waals surface area contributed by atoms with Gasteiger partial charge in [-0.1, -0.05) is 12.2 Å². The van der Waals surface area contributed by atoms with Crippen LogP contribution in [0.25, 0.3) is 0 Å². The summed E-state index contributed by atoms with van der Waals surface area (Å²) in [5, 5.41) is 9.35. The number of allylic oxidation sites excluding steroid dienone is 4. The van der Waals surface area contributed by atoms with Gasteiger partial charge in [0.2, 0.25) is 0 Å². The summed E-state index contributed by atoms with van der Waals surface area (Å²) in [6.07, 6.45) is 3.36. The number of aliphatic hydroxyl groups excluding tert-OH is 1. The molecule has 0 bridgehead atoms. The maximum absolute atomic E-state index is 9.35. The van der Waals surface area contributed by atoms with E-state index in [0.717, 1.165) is 17.6 Å². The van der Waals surface area contributed by atoms with Gasteiger partial charge >= 0.3 is 0 Å². The van der Waals surface area contributed by atoms with E-state index in [0.29, 0.717) is 17.9 Å². The molecular formula is C10H14O2. The highest BCUT2D eigenvalue weighted by Gasteiger charge is 2.12. The molecule has 0 aliphatic heterocycles. The Balaban J connectivity index is 2.90. The quantitative estimate of drug-likeness (QED) is 0.683. The van der Waals surface area contributed by atoms with Crippen molar-refractivity contribution in [2.24, 2.45) is 0 Å². The van der Waals surface area contributed by atoms with Gasteiger partial charge in [0.1, 0.15) is 5.76 Å². The van der Waals surface area contributed by atoms with Gasteiger partial charge in [-0.3, -0.25) is 0 Å². The molecule has 0 amide bonds. The van der Waals surface area contributed by atoms with E-state index in [9.17, 15) is 5.11 Å². The lowest BCUT2D eigenvalue weighted by Gasteiger charge is -2.15. The normalized spacial score (nSPS) is 17.3. The van der Waals surface area contributed by atoms with E-state index in [4.69, 9.17) is 4.74 Å². The molecule has 2 nitrogen and oxygen atoms in total. The fourth-order valence-electron chi connectivity index (χ4n) is 1.20. The molecule has 12 heavy (non-hydrogen) atoms. The number of hydrogen-bond donors (Lipinski definition) is 1. The molecule has 1 rings (SSSR count). The van der Waals surface area contributed by atoms with Crippen LogP contribution >= 0.6 is 0 Å². The average Bonchev–Trinajstić information content (AvgIpc) is 2.05. The molecule has 0 fully saturated rings. The molecular weight excluding hydrogens is 152 g/mol. The Morgan fingerprint density at radius 2 is 2.25 bits per heavy atom. The lowest BCUT2D eigenvalue weighted by Crippen LogP contribution is -2.01. The molecule has 0 atom stereocenters. The molecule has 0 aromatic carbocycles. The Morgan fingerprint density at radius 3 is 2.75 bits per heavy atom. The molecule has 1 aliphatic carbocycles. The molecule has 0 unspecified atom stereocenters. The first kappa shape index (κ1) is 8.91. The first-order valence-electron chi connectivity index (χ1n) is 3.97. The van der Waals surface area contributed by atoms with Crippen molar-refractivity contribution in [2.75, 3.05) is 7.11 Å². The Morgan fingerprint density at radius 1 is 1.58 bits per heavy atom. The van der Waals surface area contributed by atoms with E-state index < -0.39 is 0 Å². The monoisotopic (exact) mass is 166 g/mol. The summed E-state index contributed by atoms with van der Waals surface area (Å²) in [7, 11) is 1.56. The van der Waals surface area contributed by atoms with E-state index in [2.05, 4.69) is 6.58 Å². The standard InChI is InChI=1S/C10H14O2/c1-7(2)8-4-5-9(11)10(6-8)12-3/h6,11H,1,4-5H2,2-3H3. The van der Waals surface area contributed by atoms with Crippen LogP contribution in [0.15, 0.2) is 35.3 Å². The van der Waals surface area contributed by atoms with Gasteiger partial charge in [-0.2, -0.15) is 0 Å². The van der Waals surface area contributed by atoms with Crippen molar-refractivity contribution in [2.45, 2.75) is 19.8 Å². The summed E-state index contributed by atoms with van der Waals surface area (Å²) < 4.78 is 5.00. The third-order valence-electron chi connectivity index (χ3n) is 1.99. The second-order valence-electron chi connectivity index (χ2n) is 2.96. The zero-order valence-corrected chi connectivity index (χ0v) is 7.55. The zero-order chi connectivity index (χ0) is 9.14. The van der Waals surface area contributed by atoms with Gasteiger partial charge in [-0.05, 0) is 25.0 Å². The number of methoxy groups -OCH3 is 1. The van der Waals surface area contributed by atoms with Crippen molar-refractivity contribution in [1.29, 1.82) is 0 Å². The molecule has 0 spiro atoms. The number of hydrogen-bond acceptors (Lipinski definition) is 2. The highest BCUT2D eigenvalue weighted by atomic mass is 16.5. The third-order valence-corrected chi connectivity index (χ3v) is 1.99. The van der Waals surface area contributed by atoms with Crippen LogP contribution in [-0.2, 0) is 4.74 Å². The summed E-state index contributed by atoms with van der Waals surface area (Å²) in [6.45, 7) is 5.80. The molecule has 0 radical (unpaired) electrons. The van der Waals surface area contributed by atoms with Gasteiger partial charge in [0.25, 0.3) is 0 Å². The molecule has 1 aliphatic rings. The van der Waals surface area contributed by atoms with Crippen molar-refractivity contribution in [3.63, 3.8) is 0 Å². The zero-order valence-electron chi connectivity index (χ0n) is 7.55. The van der Waals surface area contributed by atoms with Gasteiger partial charge in [-0.25, -0.2) is 0 Å². The summed E-state index contributed by atoms with van der Waals surface area (Å²) in [6, 6.07) is 0. The second-order valence-corrected chi connectivity index (χ2v) is 2.96. The van der Waals surface area contributed by atoms with E-state index in [-0.39, 0.29) is 0 Å². The van der Waals surface area contributed by atoms with E-state index in [1.165, 1.54) is 0 Å². The lowest BCUT2D eigenvalue weighted by molar-refractivity contribution is 0.257. The predicted molar refractivity (Wildman–Crippen MR) is 48.8 cm³/mol. The molecule has 2 heteroatoms. The van der Waals surface area contributed by atoms with Crippen LogP contribution in [0.2, 0.25) is 0 Å². The topological polar surface area (TPSA) is 29.5 Å². The van der Waals surface area contributed by atoms with Gasteiger partial charge in [0, 0.05) is 6.42 Å². The van der Waals surface area contributed by atoms with Crippen molar-refractivity contribution in [3.05, 3.63) is 35.3 Å². The molecule has 0 saturated heterocycles. The molecule has 0 aromatic rings. The van der Waals surface area contributed by atoms with Gasteiger partial charge in [-0.15, -0.1) is 0 Å². The Bertz CT molecular complexity index is 259. The van der Waals surface area contributed by atoms with Gasteiger partial charge in [0.15, 0.2) is 5.76 Å². The van der Waals surface area contributed by atoms with Crippen LogP contribution in [0.3, 0.4) is 0 Å². The van der Waals surface area contributed by atoms with E-state index >= 15 is 0 Å². The highest BCUT2D eigenvalue weighted by molar-refractivity contribution is 5.36. The first-order chi connectivity index (χ1) is 5.65. The second kappa shape index (κ2) is 3.48. The van der Waals surface area contributed by atoms with Crippen LogP contribution in [0.4, 0.5) is 0 Å². The highest BCUT2D eigenvalue weighted by Crippen LogP contribution is 2.26. The van der Waals surface area contributed by atoms with Crippen LogP contribution in [0.5, 0.6) is 0 Å². The third kappa shape index (κ3) is 1.70. The molecule has 0 heterocycles. The lowest BCUT2D eigenvalue weighted by atomic mass is 9.98.